The van der Waals surface area contributed by atoms with Crippen molar-refractivity contribution in [2.45, 2.75) is 63.6 Å². The molecule has 1 unspecified atom stereocenters. The van der Waals surface area contributed by atoms with E-state index in [9.17, 15) is 9.50 Å². The van der Waals surface area contributed by atoms with Gasteiger partial charge in [0.2, 0.25) is 0 Å². The Hall–Kier alpha value is -1.00. The SMILES string of the molecule is CCC[C@@H]1CCCC[C@H](C(O)c2cncc(F)c2)N1. The van der Waals surface area contributed by atoms with E-state index in [1.807, 2.05) is 0 Å². The molecule has 19 heavy (non-hydrogen) atoms. The van der Waals surface area contributed by atoms with E-state index in [2.05, 4.69) is 17.2 Å². The van der Waals surface area contributed by atoms with Crippen LogP contribution < -0.4 is 5.32 Å². The van der Waals surface area contributed by atoms with Crippen molar-refractivity contribution in [3.8, 4) is 0 Å². The van der Waals surface area contributed by atoms with E-state index in [0.29, 0.717) is 11.6 Å². The molecule has 1 aliphatic rings. The standard InChI is InChI=1S/C15H23FN2O/c1-2-5-13-6-3-4-7-14(18-13)15(19)11-8-12(16)10-17-9-11/h8-10,13-15,18-19H,2-7H2,1H3/t13-,14-,15?/m1/s1. The topological polar surface area (TPSA) is 45.2 Å². The number of nitrogens with zero attached hydrogens (tertiary/aromatic N) is 1. The third-order valence-electron chi connectivity index (χ3n) is 3.85. The molecule has 1 saturated heterocycles. The lowest BCUT2D eigenvalue weighted by Gasteiger charge is -2.26. The molecule has 0 aliphatic carbocycles. The summed E-state index contributed by atoms with van der Waals surface area (Å²) in [5.41, 5.74) is 0.564. The Morgan fingerprint density at radius 2 is 2.21 bits per heavy atom. The molecule has 2 heterocycles. The van der Waals surface area contributed by atoms with Crippen molar-refractivity contribution in [1.82, 2.24) is 10.3 Å². The first-order chi connectivity index (χ1) is 9.20. The van der Waals surface area contributed by atoms with Gasteiger partial charge in [0, 0.05) is 23.8 Å². The lowest BCUT2D eigenvalue weighted by atomic mass is 9.99. The Morgan fingerprint density at radius 3 is 2.95 bits per heavy atom. The second-order valence-electron chi connectivity index (χ2n) is 5.42. The average molecular weight is 266 g/mol. The summed E-state index contributed by atoms with van der Waals surface area (Å²) in [5, 5.41) is 13.9. The lowest BCUT2D eigenvalue weighted by molar-refractivity contribution is 0.118. The fraction of sp³-hybridized carbons (Fsp3) is 0.667. The van der Waals surface area contributed by atoms with Crippen molar-refractivity contribution in [2.24, 2.45) is 0 Å². The van der Waals surface area contributed by atoms with Crippen LogP contribution in [0.25, 0.3) is 0 Å². The number of aliphatic hydroxyl groups excluding tert-OH is 1. The highest BCUT2D eigenvalue weighted by atomic mass is 19.1. The normalized spacial score (nSPS) is 25.8. The van der Waals surface area contributed by atoms with E-state index in [0.717, 1.165) is 31.9 Å². The predicted octanol–water partition coefficient (Wildman–Crippen LogP) is 2.96. The van der Waals surface area contributed by atoms with Crippen molar-refractivity contribution in [2.75, 3.05) is 0 Å². The molecule has 3 nitrogen and oxygen atoms in total. The minimum absolute atomic E-state index is 0.00245. The molecule has 1 aromatic heterocycles. The van der Waals surface area contributed by atoms with E-state index in [1.54, 1.807) is 6.20 Å². The molecule has 0 amide bonds. The molecule has 1 fully saturated rings. The van der Waals surface area contributed by atoms with Gasteiger partial charge >= 0.3 is 0 Å². The van der Waals surface area contributed by atoms with E-state index < -0.39 is 11.9 Å². The van der Waals surface area contributed by atoms with Crippen LogP contribution in [0.2, 0.25) is 0 Å². The van der Waals surface area contributed by atoms with Crippen LogP contribution in [0, 0.1) is 5.82 Å². The third kappa shape index (κ3) is 3.98. The monoisotopic (exact) mass is 266 g/mol. The zero-order valence-electron chi connectivity index (χ0n) is 11.5. The summed E-state index contributed by atoms with van der Waals surface area (Å²) in [5.74, 6) is -0.393. The third-order valence-corrected chi connectivity index (χ3v) is 3.85. The smallest absolute Gasteiger partial charge is 0.141 e. The first-order valence-electron chi connectivity index (χ1n) is 7.25. The first kappa shape index (κ1) is 14.4. The van der Waals surface area contributed by atoms with Crippen molar-refractivity contribution in [1.29, 1.82) is 0 Å². The molecule has 2 rings (SSSR count). The molecule has 3 atom stereocenters. The van der Waals surface area contributed by atoms with Crippen molar-refractivity contribution in [3.05, 3.63) is 29.8 Å². The van der Waals surface area contributed by atoms with E-state index >= 15 is 0 Å². The lowest BCUT2D eigenvalue weighted by Crippen LogP contribution is -2.40. The number of hydrogen-bond acceptors (Lipinski definition) is 3. The number of halogens is 1. The molecule has 0 spiro atoms. The maximum Gasteiger partial charge on any atom is 0.141 e. The van der Waals surface area contributed by atoms with Crippen molar-refractivity contribution in [3.63, 3.8) is 0 Å². The second-order valence-corrected chi connectivity index (χ2v) is 5.42. The van der Waals surface area contributed by atoms with Gasteiger partial charge in [-0.15, -0.1) is 0 Å². The van der Waals surface area contributed by atoms with Crippen LogP contribution in [0.15, 0.2) is 18.5 Å². The van der Waals surface area contributed by atoms with Crippen LogP contribution in [0.5, 0.6) is 0 Å². The summed E-state index contributed by atoms with van der Waals surface area (Å²) in [7, 11) is 0. The van der Waals surface area contributed by atoms with Gasteiger partial charge in [0.25, 0.3) is 0 Å². The summed E-state index contributed by atoms with van der Waals surface area (Å²) in [6.45, 7) is 2.18. The highest BCUT2D eigenvalue weighted by Gasteiger charge is 2.26. The predicted molar refractivity (Wildman–Crippen MR) is 73.2 cm³/mol. The zero-order valence-corrected chi connectivity index (χ0v) is 11.5. The van der Waals surface area contributed by atoms with Gasteiger partial charge in [-0.2, -0.15) is 0 Å². The largest absolute Gasteiger partial charge is 0.387 e. The highest BCUT2D eigenvalue weighted by molar-refractivity contribution is 5.15. The van der Waals surface area contributed by atoms with Gasteiger partial charge in [-0.25, -0.2) is 4.39 Å². The maximum absolute atomic E-state index is 13.2. The molecule has 4 heteroatoms. The van der Waals surface area contributed by atoms with Crippen molar-refractivity contribution >= 4 is 0 Å². The Balaban J connectivity index is 2.06. The average Bonchev–Trinajstić information content (AvgIpc) is 2.64. The molecular weight excluding hydrogens is 243 g/mol. The number of hydrogen-bond donors (Lipinski definition) is 2. The Labute approximate surface area is 114 Å². The second kappa shape index (κ2) is 6.96. The minimum atomic E-state index is -0.680. The number of aliphatic hydroxyl groups is 1. The quantitative estimate of drug-likeness (QED) is 0.880. The van der Waals surface area contributed by atoms with Gasteiger partial charge in [0.1, 0.15) is 5.82 Å². The summed E-state index contributed by atoms with van der Waals surface area (Å²) in [4.78, 5) is 3.82. The van der Waals surface area contributed by atoms with Gasteiger partial charge in [-0.05, 0) is 25.3 Å². The van der Waals surface area contributed by atoms with E-state index in [1.165, 1.54) is 18.9 Å². The Bertz CT molecular complexity index is 399. The molecule has 0 bridgehead atoms. The molecule has 0 aromatic carbocycles. The van der Waals surface area contributed by atoms with Crippen LogP contribution in [0.4, 0.5) is 4.39 Å². The maximum atomic E-state index is 13.2. The molecule has 0 saturated carbocycles. The summed E-state index contributed by atoms with van der Waals surface area (Å²) >= 11 is 0. The number of nitrogens with one attached hydrogen (secondary N) is 1. The number of aromatic nitrogens is 1. The van der Waals surface area contributed by atoms with Crippen LogP contribution in [0.1, 0.15) is 57.1 Å². The van der Waals surface area contributed by atoms with Crippen LogP contribution >= 0.6 is 0 Å². The van der Waals surface area contributed by atoms with Crippen LogP contribution in [-0.2, 0) is 0 Å². The van der Waals surface area contributed by atoms with Gasteiger partial charge in [-0.3, -0.25) is 4.98 Å². The van der Waals surface area contributed by atoms with E-state index in [-0.39, 0.29) is 6.04 Å². The van der Waals surface area contributed by atoms with Gasteiger partial charge in [0.15, 0.2) is 0 Å². The first-order valence-corrected chi connectivity index (χ1v) is 7.25. The minimum Gasteiger partial charge on any atom is -0.387 e. The van der Waals surface area contributed by atoms with Gasteiger partial charge in [0.05, 0.1) is 12.3 Å². The zero-order chi connectivity index (χ0) is 13.7. The summed E-state index contributed by atoms with van der Waals surface area (Å²) in [6, 6.07) is 1.84. The fourth-order valence-electron chi connectivity index (χ4n) is 2.87. The molecule has 106 valence electrons. The Kier molecular flexibility index (Phi) is 5.28. The van der Waals surface area contributed by atoms with E-state index in [4.69, 9.17) is 0 Å². The molecular formula is C15H23FN2O. The molecule has 1 aliphatic heterocycles. The summed E-state index contributed by atoms with van der Waals surface area (Å²) in [6.07, 6.45) is 8.70. The summed E-state index contributed by atoms with van der Waals surface area (Å²) < 4.78 is 13.2. The molecule has 1 aromatic rings. The van der Waals surface area contributed by atoms with Gasteiger partial charge in [-0.1, -0.05) is 26.2 Å². The molecule has 2 N–H and O–H groups in total. The van der Waals surface area contributed by atoms with Crippen molar-refractivity contribution < 1.29 is 9.50 Å². The van der Waals surface area contributed by atoms with Crippen LogP contribution in [0.3, 0.4) is 0 Å². The fourth-order valence-corrected chi connectivity index (χ4v) is 2.87. The van der Waals surface area contributed by atoms with Crippen LogP contribution in [-0.4, -0.2) is 22.2 Å². The van der Waals surface area contributed by atoms with Gasteiger partial charge < -0.3 is 10.4 Å². The number of rotatable bonds is 4. The Morgan fingerprint density at radius 1 is 1.42 bits per heavy atom. The highest BCUT2D eigenvalue weighted by Crippen LogP contribution is 2.25. The molecule has 0 radical (unpaired) electrons. The number of pyridine rings is 1.